The second-order valence-corrected chi connectivity index (χ2v) is 21.6. The molecule has 202 valence electrons. The van der Waals surface area contributed by atoms with Crippen LogP contribution in [-0.2, 0) is 18.4 Å². The van der Waals surface area contributed by atoms with Crippen LogP contribution in [0, 0.1) is 23.7 Å². The molecule has 0 aromatic carbocycles. The molecule has 0 heterocycles. The van der Waals surface area contributed by atoms with Gasteiger partial charge in [0.2, 0.25) is 0 Å². The molecule has 0 radical (unpaired) electrons. The molecular weight excluding hydrogens is 456 g/mol. The molecule has 0 aromatic heterocycles. The Kier molecular flexibility index (Phi) is 13.7. The zero-order valence-corrected chi connectivity index (χ0v) is 27.1. The van der Waals surface area contributed by atoms with E-state index >= 15 is 0 Å². The van der Waals surface area contributed by atoms with Crippen molar-refractivity contribution in [1.82, 2.24) is 0 Å². The third-order valence-corrected chi connectivity index (χ3v) is 18.1. The average molecular weight is 515 g/mol. The molecule has 34 heavy (non-hydrogen) atoms. The SMILES string of the molecule is CC[C@H](C)[C@@H](O[Si](CC)(CC)CC)[C@@H](C)C(=O)C(C)C(=O)[C@@H](C)[C@@H](CC)O[Si](C)(C)C(C)(C)C. The highest BCUT2D eigenvalue weighted by Gasteiger charge is 2.43. The van der Waals surface area contributed by atoms with Crippen LogP contribution in [0.3, 0.4) is 0 Å². The Hall–Kier alpha value is -0.306. The van der Waals surface area contributed by atoms with Crippen molar-refractivity contribution in [2.24, 2.45) is 23.7 Å². The van der Waals surface area contributed by atoms with Crippen LogP contribution >= 0.6 is 0 Å². The molecule has 0 saturated carbocycles. The summed E-state index contributed by atoms with van der Waals surface area (Å²) in [4.78, 5) is 27.2. The fourth-order valence-electron chi connectivity index (χ4n) is 4.60. The van der Waals surface area contributed by atoms with Gasteiger partial charge < -0.3 is 8.85 Å². The van der Waals surface area contributed by atoms with Crippen molar-refractivity contribution in [1.29, 1.82) is 0 Å². The van der Waals surface area contributed by atoms with E-state index < -0.39 is 22.6 Å². The van der Waals surface area contributed by atoms with E-state index in [0.717, 1.165) is 31.0 Å². The number of hydrogen-bond acceptors (Lipinski definition) is 4. The molecule has 0 aromatic rings. The van der Waals surface area contributed by atoms with Gasteiger partial charge in [-0.3, -0.25) is 9.59 Å². The van der Waals surface area contributed by atoms with E-state index in [9.17, 15) is 9.59 Å². The largest absolute Gasteiger partial charge is 0.413 e. The number of carbonyl (C=O) groups is 2. The van der Waals surface area contributed by atoms with Crippen molar-refractivity contribution in [3.63, 3.8) is 0 Å². The standard InChI is InChI=1S/C28H58O4Si2/c1-15-20(6)27(32-34(17-3,18-4)19-5)23(9)26(30)22(8)25(29)21(7)24(16-2)31-33(13,14)28(10,11)12/h20-24,27H,15-19H2,1-14H3/t20-,21-,22?,23-,24+,27+/m0/s1. The summed E-state index contributed by atoms with van der Waals surface area (Å²) in [6.07, 6.45) is 1.45. The van der Waals surface area contributed by atoms with Gasteiger partial charge in [0.1, 0.15) is 11.6 Å². The van der Waals surface area contributed by atoms with Crippen molar-refractivity contribution >= 4 is 28.2 Å². The average Bonchev–Trinajstić information content (AvgIpc) is 2.80. The number of carbonyl (C=O) groups excluding carboxylic acids is 2. The lowest BCUT2D eigenvalue weighted by Crippen LogP contribution is -2.49. The molecule has 0 aliphatic rings. The molecule has 0 bridgehead atoms. The van der Waals surface area contributed by atoms with Crippen LogP contribution < -0.4 is 0 Å². The van der Waals surface area contributed by atoms with E-state index in [2.05, 4.69) is 75.4 Å². The molecule has 0 spiro atoms. The van der Waals surface area contributed by atoms with Crippen LogP contribution in [0.2, 0.25) is 36.3 Å². The molecule has 0 rings (SSSR count). The minimum atomic E-state index is -2.01. The molecule has 0 aliphatic carbocycles. The molecule has 0 aliphatic heterocycles. The van der Waals surface area contributed by atoms with Crippen LogP contribution in [0.25, 0.3) is 0 Å². The summed E-state index contributed by atoms with van der Waals surface area (Å²) in [7, 11) is -3.88. The van der Waals surface area contributed by atoms with E-state index in [1.807, 2.05) is 13.8 Å². The number of hydrogen-bond donors (Lipinski definition) is 0. The van der Waals surface area contributed by atoms with E-state index in [1.165, 1.54) is 0 Å². The Labute approximate surface area is 214 Å². The fourth-order valence-corrected chi connectivity index (χ4v) is 9.10. The first-order chi connectivity index (χ1) is 15.5. The lowest BCUT2D eigenvalue weighted by Gasteiger charge is -2.41. The summed E-state index contributed by atoms with van der Waals surface area (Å²) >= 11 is 0. The minimum absolute atomic E-state index is 0.00953. The van der Waals surface area contributed by atoms with Gasteiger partial charge >= 0.3 is 0 Å². The number of rotatable bonds is 16. The second kappa shape index (κ2) is 13.9. The quantitative estimate of drug-likeness (QED) is 0.154. The van der Waals surface area contributed by atoms with E-state index in [1.54, 1.807) is 6.92 Å². The highest BCUT2D eigenvalue weighted by molar-refractivity contribution is 6.74. The van der Waals surface area contributed by atoms with Crippen LogP contribution in [0.1, 0.15) is 95.9 Å². The highest BCUT2D eigenvalue weighted by Crippen LogP contribution is 2.39. The van der Waals surface area contributed by atoms with Crippen molar-refractivity contribution in [2.75, 3.05) is 0 Å². The van der Waals surface area contributed by atoms with Crippen molar-refractivity contribution in [3.05, 3.63) is 0 Å². The topological polar surface area (TPSA) is 52.6 Å². The Bertz CT molecular complexity index is 629. The van der Waals surface area contributed by atoms with E-state index in [-0.39, 0.29) is 46.6 Å². The molecule has 6 atom stereocenters. The molecular formula is C28H58O4Si2. The minimum Gasteiger partial charge on any atom is -0.413 e. The molecule has 0 saturated heterocycles. The van der Waals surface area contributed by atoms with Gasteiger partial charge in [0.15, 0.2) is 16.6 Å². The molecule has 0 amide bonds. The maximum atomic E-state index is 13.6. The molecule has 1 unspecified atom stereocenters. The Morgan fingerprint density at radius 1 is 0.735 bits per heavy atom. The molecule has 6 heteroatoms. The van der Waals surface area contributed by atoms with Gasteiger partial charge in [-0.1, -0.05) is 82.6 Å². The Morgan fingerprint density at radius 3 is 1.53 bits per heavy atom. The van der Waals surface area contributed by atoms with E-state index in [0.29, 0.717) is 0 Å². The van der Waals surface area contributed by atoms with Crippen molar-refractivity contribution in [2.45, 2.75) is 144 Å². The monoisotopic (exact) mass is 514 g/mol. The summed E-state index contributed by atoms with van der Waals surface area (Å²) in [6, 6.07) is 3.17. The first-order valence-corrected chi connectivity index (χ1v) is 19.4. The Balaban J connectivity index is 5.74. The van der Waals surface area contributed by atoms with Gasteiger partial charge in [0.25, 0.3) is 0 Å². The molecule has 0 N–H and O–H groups in total. The van der Waals surface area contributed by atoms with E-state index in [4.69, 9.17) is 8.85 Å². The highest BCUT2D eigenvalue weighted by atomic mass is 28.4. The summed E-state index contributed by atoms with van der Waals surface area (Å²) in [5, 5.41) is 0.0776. The maximum Gasteiger partial charge on any atom is 0.192 e. The maximum absolute atomic E-state index is 13.6. The number of Topliss-reactive ketones (excluding diaryl/α,β-unsaturated/α-hetero) is 2. The summed E-state index contributed by atoms with van der Waals surface area (Å²) in [6.45, 7) is 29.9. The third-order valence-electron chi connectivity index (χ3n) is 8.98. The van der Waals surface area contributed by atoms with Gasteiger partial charge in [-0.05, 0) is 55.5 Å². The lowest BCUT2D eigenvalue weighted by molar-refractivity contribution is -0.139. The predicted molar refractivity (Wildman–Crippen MR) is 151 cm³/mol. The van der Waals surface area contributed by atoms with Crippen LogP contribution in [0.5, 0.6) is 0 Å². The van der Waals surface area contributed by atoms with Gasteiger partial charge in [-0.2, -0.15) is 0 Å². The number of ketones is 2. The predicted octanol–water partition coefficient (Wildman–Crippen LogP) is 8.27. The van der Waals surface area contributed by atoms with Crippen LogP contribution in [-0.4, -0.2) is 40.4 Å². The first kappa shape index (κ1) is 33.7. The van der Waals surface area contributed by atoms with Crippen LogP contribution in [0.4, 0.5) is 0 Å². The smallest absolute Gasteiger partial charge is 0.192 e. The van der Waals surface area contributed by atoms with Gasteiger partial charge in [-0.25, -0.2) is 0 Å². The molecule has 0 fully saturated rings. The summed E-state index contributed by atoms with van der Waals surface area (Å²) < 4.78 is 13.5. The normalized spacial score (nSPS) is 18.6. The summed E-state index contributed by atoms with van der Waals surface area (Å²) in [5.74, 6) is -0.924. The molecule has 4 nitrogen and oxygen atoms in total. The zero-order chi connectivity index (χ0) is 27.1. The third kappa shape index (κ3) is 8.38. The summed E-state index contributed by atoms with van der Waals surface area (Å²) in [5.41, 5.74) is 0. The van der Waals surface area contributed by atoms with Crippen molar-refractivity contribution < 1.29 is 18.4 Å². The first-order valence-electron chi connectivity index (χ1n) is 13.9. The van der Waals surface area contributed by atoms with Crippen LogP contribution in [0.15, 0.2) is 0 Å². The van der Waals surface area contributed by atoms with Gasteiger partial charge in [-0.15, -0.1) is 0 Å². The fraction of sp³-hybridized carbons (Fsp3) is 0.929. The lowest BCUT2D eigenvalue weighted by atomic mass is 9.80. The van der Waals surface area contributed by atoms with Crippen molar-refractivity contribution in [3.8, 4) is 0 Å². The van der Waals surface area contributed by atoms with Gasteiger partial charge in [0.05, 0.1) is 18.1 Å². The Morgan fingerprint density at radius 2 is 1.18 bits per heavy atom. The van der Waals surface area contributed by atoms with Gasteiger partial charge in [0, 0.05) is 11.8 Å². The second-order valence-electron chi connectivity index (χ2n) is 12.1. The zero-order valence-electron chi connectivity index (χ0n) is 25.1.